The Balaban J connectivity index is 1.69. The monoisotopic (exact) mass is 563 g/mol. The van der Waals surface area contributed by atoms with Gasteiger partial charge in [-0.2, -0.15) is 0 Å². The van der Waals surface area contributed by atoms with Gasteiger partial charge in [0, 0.05) is 12.6 Å². The minimum Gasteiger partial charge on any atom is -0.497 e. The first-order valence-corrected chi connectivity index (χ1v) is 15.1. The van der Waals surface area contributed by atoms with Gasteiger partial charge in [-0.3, -0.25) is 13.9 Å². The predicted octanol–water partition coefficient (Wildman–Crippen LogP) is 4.76. The predicted molar refractivity (Wildman–Crippen MR) is 155 cm³/mol. The van der Waals surface area contributed by atoms with Crippen LogP contribution in [0.4, 0.5) is 5.69 Å². The number of nitrogens with zero attached hydrogens (tertiary/aromatic N) is 2. The van der Waals surface area contributed by atoms with E-state index in [-0.39, 0.29) is 23.4 Å². The number of nitrogens with one attached hydrogen (secondary N) is 1. The Bertz CT molecular complexity index is 1360. The van der Waals surface area contributed by atoms with Crippen molar-refractivity contribution in [3.8, 4) is 5.75 Å². The van der Waals surface area contributed by atoms with Gasteiger partial charge in [0.1, 0.15) is 18.3 Å². The SMILES string of the molecule is CC[C@@H](C(=O)NC1CCCC1)N(Cc1ccccc1)C(=O)CN(c1ccc(OC)cc1)S(=O)(=O)c1ccccc1. The molecule has 1 atom stereocenters. The number of sulfonamides is 1. The second-order valence-electron chi connectivity index (χ2n) is 9.94. The molecule has 3 aromatic rings. The minimum atomic E-state index is -4.10. The second-order valence-corrected chi connectivity index (χ2v) is 11.8. The number of carbonyl (C=O) groups is 2. The lowest BCUT2D eigenvalue weighted by Crippen LogP contribution is -2.53. The molecule has 3 aromatic carbocycles. The highest BCUT2D eigenvalue weighted by Crippen LogP contribution is 2.27. The average Bonchev–Trinajstić information content (AvgIpc) is 3.49. The van der Waals surface area contributed by atoms with Crippen molar-refractivity contribution in [3.05, 3.63) is 90.5 Å². The lowest BCUT2D eigenvalue weighted by Gasteiger charge is -2.33. The van der Waals surface area contributed by atoms with Crippen molar-refractivity contribution in [2.45, 2.75) is 62.6 Å². The Morgan fingerprint density at radius 2 is 1.52 bits per heavy atom. The van der Waals surface area contributed by atoms with Crippen molar-refractivity contribution in [2.75, 3.05) is 18.0 Å². The van der Waals surface area contributed by atoms with Crippen LogP contribution in [0.5, 0.6) is 5.75 Å². The molecule has 1 fully saturated rings. The third kappa shape index (κ3) is 7.01. The standard InChI is InChI=1S/C31H37N3O5S/c1-3-29(31(36)32-25-14-10-11-15-25)33(22-24-12-6-4-7-13-24)30(35)23-34(26-18-20-27(39-2)21-19-26)40(37,38)28-16-8-5-9-17-28/h4-9,12-13,16-21,25,29H,3,10-11,14-15,22-23H2,1-2H3,(H,32,36)/t29-/m0/s1. The molecule has 1 N–H and O–H groups in total. The largest absolute Gasteiger partial charge is 0.497 e. The summed E-state index contributed by atoms with van der Waals surface area (Å²) in [7, 11) is -2.57. The summed E-state index contributed by atoms with van der Waals surface area (Å²) < 4.78 is 34.0. The van der Waals surface area contributed by atoms with Gasteiger partial charge in [0.05, 0.1) is 17.7 Å². The smallest absolute Gasteiger partial charge is 0.264 e. The quantitative estimate of drug-likeness (QED) is 0.343. The number of rotatable bonds is 12. The van der Waals surface area contributed by atoms with Crippen molar-refractivity contribution < 1.29 is 22.7 Å². The molecule has 1 saturated carbocycles. The summed E-state index contributed by atoms with van der Waals surface area (Å²) in [4.78, 5) is 29.1. The number of methoxy groups -OCH3 is 1. The molecule has 0 aliphatic heterocycles. The van der Waals surface area contributed by atoms with Crippen molar-refractivity contribution in [3.63, 3.8) is 0 Å². The maximum absolute atomic E-state index is 14.1. The summed E-state index contributed by atoms with van der Waals surface area (Å²) in [5, 5.41) is 3.13. The third-order valence-corrected chi connectivity index (χ3v) is 9.04. The molecule has 0 radical (unpaired) electrons. The zero-order valence-electron chi connectivity index (χ0n) is 23.0. The van der Waals surface area contributed by atoms with E-state index in [2.05, 4.69) is 5.32 Å². The Morgan fingerprint density at radius 3 is 2.10 bits per heavy atom. The number of anilines is 1. The fourth-order valence-corrected chi connectivity index (χ4v) is 6.50. The third-order valence-electron chi connectivity index (χ3n) is 7.25. The summed E-state index contributed by atoms with van der Waals surface area (Å²) in [5.74, 6) is -0.110. The molecule has 4 rings (SSSR count). The van der Waals surface area contributed by atoms with E-state index in [9.17, 15) is 18.0 Å². The first kappa shape index (κ1) is 29.1. The molecule has 212 valence electrons. The lowest BCUT2D eigenvalue weighted by atomic mass is 10.1. The van der Waals surface area contributed by atoms with Gasteiger partial charge in [-0.15, -0.1) is 0 Å². The van der Waals surface area contributed by atoms with Crippen LogP contribution in [0.3, 0.4) is 0 Å². The Labute approximate surface area is 237 Å². The number of carbonyl (C=O) groups excluding carboxylic acids is 2. The average molecular weight is 564 g/mol. The van der Waals surface area contributed by atoms with Gasteiger partial charge in [0.25, 0.3) is 10.0 Å². The van der Waals surface area contributed by atoms with Crippen LogP contribution in [0.15, 0.2) is 89.8 Å². The highest BCUT2D eigenvalue weighted by molar-refractivity contribution is 7.92. The molecule has 9 heteroatoms. The number of amides is 2. The van der Waals surface area contributed by atoms with E-state index in [1.807, 2.05) is 37.3 Å². The molecular formula is C31H37N3O5S. The van der Waals surface area contributed by atoms with Gasteiger partial charge in [-0.05, 0) is 61.2 Å². The van der Waals surface area contributed by atoms with E-state index < -0.39 is 28.5 Å². The van der Waals surface area contributed by atoms with Crippen LogP contribution in [-0.4, -0.2) is 50.9 Å². The topological polar surface area (TPSA) is 96.0 Å². The molecule has 0 unspecified atom stereocenters. The van der Waals surface area contributed by atoms with Gasteiger partial charge in [-0.1, -0.05) is 68.3 Å². The molecule has 0 saturated heterocycles. The molecule has 1 aliphatic rings. The van der Waals surface area contributed by atoms with Gasteiger partial charge in [-0.25, -0.2) is 8.42 Å². The summed E-state index contributed by atoms with van der Waals surface area (Å²) in [6.07, 6.45) is 4.39. The minimum absolute atomic E-state index is 0.0687. The fraction of sp³-hybridized carbons (Fsp3) is 0.355. The van der Waals surface area contributed by atoms with Crippen LogP contribution >= 0.6 is 0 Å². The second kappa shape index (κ2) is 13.5. The van der Waals surface area contributed by atoms with E-state index in [0.717, 1.165) is 35.6 Å². The van der Waals surface area contributed by atoms with Crippen LogP contribution in [0.2, 0.25) is 0 Å². The number of hydrogen-bond acceptors (Lipinski definition) is 5. The highest BCUT2D eigenvalue weighted by Gasteiger charge is 2.34. The summed E-state index contributed by atoms with van der Waals surface area (Å²) >= 11 is 0. The van der Waals surface area contributed by atoms with E-state index in [4.69, 9.17) is 4.74 Å². The molecule has 8 nitrogen and oxygen atoms in total. The van der Waals surface area contributed by atoms with Crippen LogP contribution < -0.4 is 14.4 Å². The van der Waals surface area contributed by atoms with E-state index in [1.165, 1.54) is 24.1 Å². The maximum Gasteiger partial charge on any atom is 0.264 e. The highest BCUT2D eigenvalue weighted by atomic mass is 32.2. The zero-order valence-corrected chi connectivity index (χ0v) is 23.8. The Kier molecular flexibility index (Phi) is 9.82. The van der Waals surface area contributed by atoms with E-state index >= 15 is 0 Å². The maximum atomic E-state index is 14.1. The zero-order chi connectivity index (χ0) is 28.5. The summed E-state index contributed by atoms with van der Waals surface area (Å²) in [6, 6.07) is 23.3. The van der Waals surface area contributed by atoms with Crippen molar-refractivity contribution >= 4 is 27.5 Å². The van der Waals surface area contributed by atoms with Gasteiger partial charge >= 0.3 is 0 Å². The first-order valence-electron chi connectivity index (χ1n) is 13.7. The van der Waals surface area contributed by atoms with Crippen LogP contribution in [0, 0.1) is 0 Å². The van der Waals surface area contributed by atoms with Crippen LogP contribution in [0.25, 0.3) is 0 Å². The normalized spacial score (nSPS) is 14.3. The van der Waals surface area contributed by atoms with Crippen LogP contribution in [0.1, 0.15) is 44.6 Å². The van der Waals surface area contributed by atoms with E-state index in [1.54, 1.807) is 42.5 Å². The molecule has 40 heavy (non-hydrogen) atoms. The van der Waals surface area contributed by atoms with Gasteiger partial charge in [0.15, 0.2) is 0 Å². The molecule has 1 aliphatic carbocycles. The lowest BCUT2D eigenvalue weighted by molar-refractivity contribution is -0.140. The molecule has 0 heterocycles. The van der Waals surface area contributed by atoms with Crippen molar-refractivity contribution in [1.82, 2.24) is 10.2 Å². The number of benzene rings is 3. The van der Waals surface area contributed by atoms with Crippen molar-refractivity contribution in [2.24, 2.45) is 0 Å². The molecule has 0 spiro atoms. The Morgan fingerprint density at radius 1 is 0.925 bits per heavy atom. The van der Waals surface area contributed by atoms with Crippen molar-refractivity contribution in [1.29, 1.82) is 0 Å². The van der Waals surface area contributed by atoms with Gasteiger partial charge in [0.2, 0.25) is 11.8 Å². The van der Waals surface area contributed by atoms with Crippen LogP contribution in [-0.2, 0) is 26.2 Å². The molecule has 0 aromatic heterocycles. The molecule has 2 amide bonds. The molecular weight excluding hydrogens is 526 g/mol. The summed E-state index contributed by atoms with van der Waals surface area (Å²) in [5.41, 5.74) is 1.17. The van der Waals surface area contributed by atoms with Gasteiger partial charge < -0.3 is 15.0 Å². The number of ether oxygens (including phenoxy) is 1. The fourth-order valence-electron chi connectivity index (χ4n) is 5.06. The molecule has 0 bridgehead atoms. The Hall–Kier alpha value is -3.85. The van der Waals surface area contributed by atoms with E-state index in [0.29, 0.717) is 17.9 Å². The summed E-state index contributed by atoms with van der Waals surface area (Å²) in [6.45, 7) is 1.58. The first-order chi connectivity index (χ1) is 19.3. The number of hydrogen-bond donors (Lipinski definition) is 1.